The first-order valence-electron chi connectivity index (χ1n) is 7.49. The van der Waals surface area contributed by atoms with E-state index in [-0.39, 0.29) is 5.69 Å². The highest BCUT2D eigenvalue weighted by molar-refractivity contribution is 14.1. The molecule has 2 aromatic carbocycles. The van der Waals surface area contributed by atoms with E-state index in [1.165, 1.54) is 6.07 Å². The fourth-order valence-corrected chi connectivity index (χ4v) is 3.78. The van der Waals surface area contributed by atoms with Crippen molar-refractivity contribution < 1.29 is 33.0 Å². The standard InChI is InChI=1S/C17H11F2IN2O5/c1-7-4-8(20)2-3-11(7)22(17(21)26)6-27-16(25)10-5-9(15(23)24)12(18)13(19)14(10)22/h2-5H,6H2,1H3,(H2-,21,23,24,26)/p+1. The van der Waals surface area contributed by atoms with Gasteiger partial charge in [0, 0.05) is 15.2 Å². The number of hydrogen-bond acceptors (Lipinski definition) is 4. The molecule has 1 heterocycles. The summed E-state index contributed by atoms with van der Waals surface area (Å²) in [5.41, 5.74) is 3.95. The number of halogens is 3. The largest absolute Gasteiger partial charge is 0.478 e. The summed E-state index contributed by atoms with van der Waals surface area (Å²) in [5.74, 6) is -6.18. The number of aromatic carboxylic acids is 1. The van der Waals surface area contributed by atoms with Crippen LogP contribution in [0.15, 0.2) is 24.3 Å². The number of carboxylic acid groups (broad SMARTS) is 1. The minimum absolute atomic E-state index is 0.179. The van der Waals surface area contributed by atoms with Crippen LogP contribution >= 0.6 is 22.6 Å². The fourth-order valence-electron chi connectivity index (χ4n) is 3.13. The first kappa shape index (κ1) is 19.2. The van der Waals surface area contributed by atoms with Crippen molar-refractivity contribution >= 4 is 51.9 Å². The molecule has 0 saturated heterocycles. The van der Waals surface area contributed by atoms with E-state index in [2.05, 4.69) is 0 Å². The third-order valence-electron chi connectivity index (χ3n) is 4.35. The summed E-state index contributed by atoms with van der Waals surface area (Å²) in [6.07, 6.45) is 0. The maximum absolute atomic E-state index is 15.0. The molecule has 1 aliphatic heterocycles. The van der Waals surface area contributed by atoms with Crippen LogP contribution in [-0.2, 0) is 4.74 Å². The molecule has 3 rings (SSSR count). The third-order valence-corrected chi connectivity index (χ3v) is 5.02. The van der Waals surface area contributed by atoms with Crippen LogP contribution < -0.4 is 10.2 Å². The Labute approximate surface area is 165 Å². The lowest BCUT2D eigenvalue weighted by molar-refractivity contribution is 0.0323. The number of urea groups is 1. The number of quaternary nitrogens is 1. The molecule has 0 spiro atoms. The molecule has 27 heavy (non-hydrogen) atoms. The fraction of sp³-hybridized carbons (Fsp3) is 0.118. The Balaban J connectivity index is 2.46. The van der Waals surface area contributed by atoms with Crippen LogP contribution in [0.25, 0.3) is 0 Å². The van der Waals surface area contributed by atoms with Gasteiger partial charge in [-0.3, -0.25) is 0 Å². The zero-order valence-electron chi connectivity index (χ0n) is 13.8. The topological polar surface area (TPSA) is 107 Å². The van der Waals surface area contributed by atoms with E-state index in [0.29, 0.717) is 11.6 Å². The average molecular weight is 489 g/mol. The first-order valence-corrected chi connectivity index (χ1v) is 8.57. The van der Waals surface area contributed by atoms with Gasteiger partial charge < -0.3 is 15.6 Å². The second kappa shape index (κ2) is 6.53. The number of cyclic esters (lactones) is 1. The number of carboxylic acids is 1. The van der Waals surface area contributed by atoms with Crippen LogP contribution in [0.5, 0.6) is 0 Å². The van der Waals surface area contributed by atoms with E-state index in [0.717, 1.165) is 3.57 Å². The molecule has 0 radical (unpaired) electrons. The van der Waals surface area contributed by atoms with Crippen molar-refractivity contribution in [2.24, 2.45) is 5.73 Å². The summed E-state index contributed by atoms with van der Waals surface area (Å²) in [5, 5.41) is 9.05. The number of aryl methyl sites for hydroxylation is 1. The Morgan fingerprint density at radius 2 is 1.93 bits per heavy atom. The van der Waals surface area contributed by atoms with Gasteiger partial charge in [-0.2, -0.15) is 4.39 Å². The second-order valence-electron chi connectivity index (χ2n) is 5.89. The molecule has 10 heteroatoms. The van der Waals surface area contributed by atoms with Gasteiger partial charge in [-0.15, -0.1) is 4.48 Å². The van der Waals surface area contributed by atoms with Crippen molar-refractivity contribution in [2.45, 2.75) is 6.92 Å². The highest BCUT2D eigenvalue weighted by Crippen LogP contribution is 2.45. The quantitative estimate of drug-likeness (QED) is 0.382. The van der Waals surface area contributed by atoms with Gasteiger partial charge in [0.2, 0.25) is 18.2 Å². The molecule has 140 valence electrons. The van der Waals surface area contributed by atoms with E-state index in [9.17, 15) is 23.2 Å². The molecule has 1 unspecified atom stereocenters. The number of nitrogens with zero attached hydrogens (tertiary/aromatic N) is 1. The smallest absolute Gasteiger partial charge is 0.427 e. The minimum atomic E-state index is -1.77. The molecule has 2 amide bonds. The molecule has 0 saturated carbocycles. The summed E-state index contributed by atoms with van der Waals surface area (Å²) in [6, 6.07) is 4.34. The van der Waals surface area contributed by atoms with Crippen molar-refractivity contribution in [3.63, 3.8) is 0 Å². The maximum Gasteiger partial charge on any atom is 0.427 e. The van der Waals surface area contributed by atoms with Crippen LogP contribution in [0.2, 0.25) is 0 Å². The number of carbonyl (C=O) groups excluding carboxylic acids is 2. The molecular weight excluding hydrogens is 477 g/mol. The Morgan fingerprint density at radius 1 is 1.26 bits per heavy atom. The van der Waals surface area contributed by atoms with E-state index in [4.69, 9.17) is 15.6 Å². The van der Waals surface area contributed by atoms with Crippen LogP contribution in [0.3, 0.4) is 0 Å². The van der Waals surface area contributed by atoms with E-state index >= 15 is 0 Å². The summed E-state index contributed by atoms with van der Waals surface area (Å²) < 4.78 is 34.0. The van der Waals surface area contributed by atoms with Crippen LogP contribution in [0, 0.1) is 22.1 Å². The number of carbonyl (C=O) groups is 3. The summed E-state index contributed by atoms with van der Waals surface area (Å²) in [4.78, 5) is 35.8. The molecule has 0 fully saturated rings. The van der Waals surface area contributed by atoms with Crippen molar-refractivity contribution in [1.82, 2.24) is 4.48 Å². The molecule has 2 aromatic rings. The molecule has 3 N–H and O–H groups in total. The van der Waals surface area contributed by atoms with Crippen molar-refractivity contribution in [2.75, 3.05) is 6.73 Å². The van der Waals surface area contributed by atoms with Crippen LogP contribution in [0.4, 0.5) is 25.0 Å². The summed E-state index contributed by atoms with van der Waals surface area (Å²) in [6.45, 7) is 0.946. The van der Waals surface area contributed by atoms with Gasteiger partial charge in [0.1, 0.15) is 5.56 Å². The predicted octanol–water partition coefficient (Wildman–Crippen LogP) is 3.42. The Hall–Kier alpha value is -2.60. The Kier molecular flexibility index (Phi) is 4.64. The number of rotatable bonds is 2. The molecule has 0 aliphatic carbocycles. The molecular formula is C17H12F2IN2O5+. The summed E-state index contributed by atoms with van der Waals surface area (Å²) in [7, 11) is 0. The van der Waals surface area contributed by atoms with Gasteiger partial charge in [-0.1, -0.05) is 0 Å². The van der Waals surface area contributed by atoms with Crippen molar-refractivity contribution in [3.8, 4) is 0 Å². The minimum Gasteiger partial charge on any atom is -0.478 e. The van der Waals surface area contributed by atoms with E-state index < -0.39 is 57.6 Å². The van der Waals surface area contributed by atoms with Gasteiger partial charge in [-0.25, -0.2) is 18.8 Å². The number of esters is 1. The zero-order valence-corrected chi connectivity index (χ0v) is 15.9. The van der Waals surface area contributed by atoms with E-state index in [1.54, 1.807) is 19.1 Å². The lowest BCUT2D eigenvalue weighted by atomic mass is 10.0. The molecule has 7 nitrogen and oxygen atoms in total. The lowest BCUT2D eigenvalue weighted by Crippen LogP contribution is -2.58. The number of fused-ring (bicyclic) bond motifs is 1. The van der Waals surface area contributed by atoms with Crippen LogP contribution in [-0.4, -0.2) is 29.8 Å². The predicted molar refractivity (Wildman–Crippen MR) is 98.5 cm³/mol. The number of amides is 2. The third kappa shape index (κ3) is 2.75. The SMILES string of the molecule is Cc1cc(I)ccc1[N+]1(C(N)=O)COC(=O)c2cc(C(=O)O)c(F)c(F)c21. The van der Waals surface area contributed by atoms with E-state index in [1.807, 2.05) is 22.6 Å². The Morgan fingerprint density at radius 3 is 2.48 bits per heavy atom. The molecule has 0 bridgehead atoms. The van der Waals surface area contributed by atoms with Gasteiger partial charge in [0.15, 0.2) is 11.5 Å². The number of hydrogen-bond donors (Lipinski definition) is 2. The lowest BCUT2D eigenvalue weighted by Gasteiger charge is -2.37. The normalized spacial score (nSPS) is 18.6. The number of nitrogens with two attached hydrogens (primary N) is 1. The number of primary amides is 1. The number of ether oxygens (including phenoxy) is 1. The van der Waals surface area contributed by atoms with Crippen molar-refractivity contribution in [3.05, 3.63) is 56.2 Å². The van der Waals surface area contributed by atoms with Gasteiger partial charge in [0.25, 0.3) is 0 Å². The van der Waals surface area contributed by atoms with Crippen LogP contribution in [0.1, 0.15) is 26.3 Å². The molecule has 1 aliphatic rings. The second-order valence-corrected chi connectivity index (χ2v) is 7.14. The molecule has 0 aromatic heterocycles. The van der Waals surface area contributed by atoms with Gasteiger partial charge in [0.05, 0.1) is 5.56 Å². The first-order chi connectivity index (χ1) is 12.6. The highest BCUT2D eigenvalue weighted by atomic mass is 127. The van der Waals surface area contributed by atoms with Gasteiger partial charge in [-0.05, 0) is 47.7 Å². The monoisotopic (exact) mass is 489 g/mol. The summed E-state index contributed by atoms with van der Waals surface area (Å²) >= 11 is 2.03. The Bertz CT molecular complexity index is 1030. The molecule has 1 atom stereocenters. The number of benzene rings is 2. The highest BCUT2D eigenvalue weighted by Gasteiger charge is 2.52. The zero-order chi connectivity index (χ0) is 20.1. The van der Waals surface area contributed by atoms with Gasteiger partial charge >= 0.3 is 18.0 Å². The maximum atomic E-state index is 15.0. The average Bonchev–Trinajstić information content (AvgIpc) is 2.58. The van der Waals surface area contributed by atoms with Crippen molar-refractivity contribution in [1.29, 1.82) is 0 Å².